The number of fused-ring (bicyclic) bond motifs is 1. The summed E-state index contributed by atoms with van der Waals surface area (Å²) < 4.78 is 0. The third-order valence-corrected chi connectivity index (χ3v) is 5.75. The molecule has 0 bridgehead atoms. The first-order valence-electron chi connectivity index (χ1n) is 10.7. The molecular weight excluding hydrogens is 392 g/mol. The standard InChI is InChI=1S/C28H24N4/c1-19-15-25(13-14-29-19)23-9-7-21(8-10-23)17-30-28-20(2)27(31-18-32-28)26-12-11-22-5-3-4-6-24(22)16-26/h3-16,18H,17H2,1-2H3,(H,30,31,32). The van der Waals surface area contributed by atoms with E-state index in [1.54, 1.807) is 6.33 Å². The maximum Gasteiger partial charge on any atom is 0.133 e. The molecule has 4 heteroatoms. The van der Waals surface area contributed by atoms with Crippen LogP contribution in [0.3, 0.4) is 0 Å². The highest BCUT2D eigenvalue weighted by Crippen LogP contribution is 2.28. The van der Waals surface area contributed by atoms with Crippen molar-refractivity contribution in [2.75, 3.05) is 5.32 Å². The summed E-state index contributed by atoms with van der Waals surface area (Å²) in [5.41, 5.74) is 7.70. The molecule has 156 valence electrons. The second kappa shape index (κ2) is 8.60. The molecular formula is C28H24N4. The number of rotatable bonds is 5. The maximum atomic E-state index is 4.57. The molecule has 0 fully saturated rings. The van der Waals surface area contributed by atoms with Crippen molar-refractivity contribution in [3.8, 4) is 22.4 Å². The number of aryl methyl sites for hydroxylation is 1. The highest BCUT2D eigenvalue weighted by atomic mass is 15.0. The van der Waals surface area contributed by atoms with Crippen molar-refractivity contribution in [2.24, 2.45) is 0 Å². The van der Waals surface area contributed by atoms with E-state index in [0.29, 0.717) is 6.54 Å². The van der Waals surface area contributed by atoms with E-state index in [1.807, 2.05) is 19.2 Å². The Morgan fingerprint density at radius 2 is 1.47 bits per heavy atom. The van der Waals surface area contributed by atoms with Crippen molar-refractivity contribution in [2.45, 2.75) is 20.4 Å². The number of hydrogen-bond donors (Lipinski definition) is 1. The molecule has 0 aliphatic rings. The molecule has 2 heterocycles. The molecule has 0 spiro atoms. The summed E-state index contributed by atoms with van der Waals surface area (Å²) in [4.78, 5) is 13.3. The third-order valence-electron chi connectivity index (χ3n) is 5.75. The maximum absolute atomic E-state index is 4.57. The van der Waals surface area contributed by atoms with Crippen LogP contribution in [-0.4, -0.2) is 15.0 Å². The summed E-state index contributed by atoms with van der Waals surface area (Å²) >= 11 is 0. The van der Waals surface area contributed by atoms with Gasteiger partial charge in [0.15, 0.2) is 0 Å². The van der Waals surface area contributed by atoms with Crippen LogP contribution < -0.4 is 5.32 Å². The number of hydrogen-bond acceptors (Lipinski definition) is 4. The van der Waals surface area contributed by atoms with E-state index in [2.05, 4.69) is 100.0 Å². The van der Waals surface area contributed by atoms with Gasteiger partial charge < -0.3 is 5.32 Å². The van der Waals surface area contributed by atoms with Gasteiger partial charge in [0.1, 0.15) is 12.1 Å². The van der Waals surface area contributed by atoms with Gasteiger partial charge in [-0.1, -0.05) is 60.7 Å². The first-order chi connectivity index (χ1) is 15.7. The van der Waals surface area contributed by atoms with Crippen molar-refractivity contribution in [3.05, 3.63) is 108 Å². The molecule has 0 radical (unpaired) electrons. The van der Waals surface area contributed by atoms with E-state index in [9.17, 15) is 0 Å². The van der Waals surface area contributed by atoms with Gasteiger partial charge in [0.2, 0.25) is 0 Å². The van der Waals surface area contributed by atoms with E-state index in [4.69, 9.17) is 0 Å². The van der Waals surface area contributed by atoms with Gasteiger partial charge >= 0.3 is 0 Å². The SMILES string of the molecule is Cc1cc(-c2ccc(CNc3ncnc(-c4ccc5ccccc5c4)c3C)cc2)ccn1. The first kappa shape index (κ1) is 19.9. The van der Waals surface area contributed by atoms with Crippen molar-refractivity contribution < 1.29 is 0 Å². The lowest BCUT2D eigenvalue weighted by atomic mass is 10.0. The molecule has 0 saturated heterocycles. The quantitative estimate of drug-likeness (QED) is 0.351. The topological polar surface area (TPSA) is 50.7 Å². The Morgan fingerprint density at radius 3 is 2.28 bits per heavy atom. The van der Waals surface area contributed by atoms with Gasteiger partial charge in [0.25, 0.3) is 0 Å². The van der Waals surface area contributed by atoms with Crippen molar-refractivity contribution in [1.82, 2.24) is 15.0 Å². The molecule has 0 atom stereocenters. The summed E-state index contributed by atoms with van der Waals surface area (Å²) in [6.45, 7) is 4.78. The van der Waals surface area contributed by atoms with E-state index < -0.39 is 0 Å². The number of nitrogens with zero attached hydrogens (tertiary/aromatic N) is 3. The zero-order valence-electron chi connectivity index (χ0n) is 18.2. The molecule has 0 unspecified atom stereocenters. The lowest BCUT2D eigenvalue weighted by Gasteiger charge is -2.12. The van der Waals surface area contributed by atoms with Crippen LogP contribution in [0, 0.1) is 13.8 Å². The van der Waals surface area contributed by atoms with Crippen LogP contribution in [0.2, 0.25) is 0 Å². The second-order valence-corrected chi connectivity index (χ2v) is 7.99. The van der Waals surface area contributed by atoms with Crippen LogP contribution in [0.4, 0.5) is 5.82 Å². The van der Waals surface area contributed by atoms with Gasteiger partial charge in [0.05, 0.1) is 5.69 Å². The molecule has 0 amide bonds. The fraction of sp³-hybridized carbons (Fsp3) is 0.107. The Balaban J connectivity index is 1.35. The fourth-order valence-electron chi connectivity index (χ4n) is 3.98. The smallest absolute Gasteiger partial charge is 0.133 e. The van der Waals surface area contributed by atoms with Crippen LogP contribution in [-0.2, 0) is 6.54 Å². The van der Waals surface area contributed by atoms with Gasteiger partial charge in [-0.2, -0.15) is 0 Å². The highest BCUT2D eigenvalue weighted by molar-refractivity contribution is 5.87. The van der Waals surface area contributed by atoms with Gasteiger partial charge in [-0.15, -0.1) is 0 Å². The average molecular weight is 417 g/mol. The fourth-order valence-corrected chi connectivity index (χ4v) is 3.98. The Hall–Kier alpha value is -4.05. The number of nitrogens with one attached hydrogen (secondary N) is 1. The summed E-state index contributed by atoms with van der Waals surface area (Å²) in [6.07, 6.45) is 3.49. The molecule has 0 aliphatic carbocycles. The van der Waals surface area contributed by atoms with Crippen molar-refractivity contribution in [1.29, 1.82) is 0 Å². The molecule has 1 N–H and O–H groups in total. The number of aromatic nitrogens is 3. The lowest BCUT2D eigenvalue weighted by molar-refractivity contribution is 1.06. The van der Waals surface area contributed by atoms with Gasteiger partial charge in [-0.25, -0.2) is 9.97 Å². The largest absolute Gasteiger partial charge is 0.366 e. The lowest BCUT2D eigenvalue weighted by Crippen LogP contribution is -2.05. The Bertz CT molecular complexity index is 1390. The first-order valence-corrected chi connectivity index (χ1v) is 10.7. The number of anilines is 1. The normalized spacial score (nSPS) is 10.9. The average Bonchev–Trinajstić information content (AvgIpc) is 2.83. The molecule has 0 aliphatic heterocycles. The number of pyridine rings is 1. The molecule has 4 nitrogen and oxygen atoms in total. The predicted octanol–water partition coefficient (Wildman–Crippen LogP) is 6.59. The van der Waals surface area contributed by atoms with Crippen LogP contribution in [0.15, 0.2) is 91.4 Å². The van der Waals surface area contributed by atoms with E-state index >= 15 is 0 Å². The minimum absolute atomic E-state index is 0.699. The molecule has 0 saturated carbocycles. The summed E-state index contributed by atoms with van der Waals surface area (Å²) in [7, 11) is 0. The molecule has 5 rings (SSSR count). The van der Waals surface area contributed by atoms with Crippen LogP contribution in [0.1, 0.15) is 16.8 Å². The summed E-state index contributed by atoms with van der Waals surface area (Å²) in [6, 6.07) is 27.6. The van der Waals surface area contributed by atoms with E-state index in [0.717, 1.165) is 28.3 Å². The van der Waals surface area contributed by atoms with Gasteiger partial charge in [0, 0.05) is 29.6 Å². The highest BCUT2D eigenvalue weighted by Gasteiger charge is 2.10. The number of benzene rings is 3. The predicted molar refractivity (Wildman–Crippen MR) is 131 cm³/mol. The minimum Gasteiger partial charge on any atom is -0.366 e. The molecule has 5 aromatic rings. The third kappa shape index (κ3) is 4.08. The molecule has 3 aromatic carbocycles. The van der Waals surface area contributed by atoms with Crippen LogP contribution in [0.25, 0.3) is 33.2 Å². The van der Waals surface area contributed by atoms with Crippen molar-refractivity contribution >= 4 is 16.6 Å². The summed E-state index contributed by atoms with van der Waals surface area (Å²) in [5, 5.41) is 5.92. The monoisotopic (exact) mass is 416 g/mol. The molecule has 32 heavy (non-hydrogen) atoms. The van der Waals surface area contributed by atoms with E-state index in [-0.39, 0.29) is 0 Å². The van der Waals surface area contributed by atoms with Gasteiger partial charge in [-0.3, -0.25) is 4.98 Å². The second-order valence-electron chi connectivity index (χ2n) is 7.99. The van der Waals surface area contributed by atoms with Crippen molar-refractivity contribution in [3.63, 3.8) is 0 Å². The Kier molecular flexibility index (Phi) is 5.34. The molecule has 2 aromatic heterocycles. The zero-order valence-corrected chi connectivity index (χ0v) is 18.2. The Morgan fingerprint density at radius 1 is 0.688 bits per heavy atom. The van der Waals surface area contributed by atoms with E-state index in [1.165, 1.54) is 27.5 Å². The van der Waals surface area contributed by atoms with Crippen LogP contribution >= 0.6 is 0 Å². The summed E-state index contributed by atoms with van der Waals surface area (Å²) in [5.74, 6) is 0.858. The minimum atomic E-state index is 0.699. The zero-order chi connectivity index (χ0) is 21.9. The Labute approximate surface area is 188 Å². The van der Waals surface area contributed by atoms with Crippen LogP contribution in [0.5, 0.6) is 0 Å². The van der Waals surface area contributed by atoms with Gasteiger partial charge in [-0.05, 0) is 59.5 Å².